The fraction of sp³-hybridized carbons (Fsp3) is 1.00. The van der Waals surface area contributed by atoms with Gasteiger partial charge in [-0.2, -0.15) is 13.2 Å². The zero-order valence-electron chi connectivity index (χ0n) is 7.40. The largest absolute Gasteiger partial charge is 0.414 e. The third-order valence-corrected chi connectivity index (χ3v) is 1.55. The topological polar surface area (TPSA) is 21.3 Å². The molecule has 1 N–H and O–H groups in total. The van der Waals surface area contributed by atoms with Gasteiger partial charge in [0.25, 0.3) is 0 Å². The number of rotatable bonds is 4. The van der Waals surface area contributed by atoms with Gasteiger partial charge in [0.1, 0.15) is 0 Å². The molecule has 0 saturated carbocycles. The van der Waals surface area contributed by atoms with Gasteiger partial charge in [-0.1, -0.05) is 0 Å². The Morgan fingerprint density at radius 2 is 1.83 bits per heavy atom. The van der Waals surface area contributed by atoms with Crippen LogP contribution in [0.2, 0.25) is 0 Å². The second kappa shape index (κ2) is 4.67. The maximum Gasteiger partial charge on any atom is 0.414 e. The average molecular weight is 185 g/mol. The first kappa shape index (κ1) is 11.7. The van der Waals surface area contributed by atoms with E-state index in [-0.39, 0.29) is 12.6 Å². The van der Waals surface area contributed by atoms with Crippen molar-refractivity contribution in [2.45, 2.75) is 32.2 Å². The van der Waals surface area contributed by atoms with Gasteiger partial charge in [0.15, 0.2) is 6.10 Å². The lowest BCUT2D eigenvalue weighted by molar-refractivity contribution is -0.215. The highest BCUT2D eigenvalue weighted by Gasteiger charge is 2.36. The summed E-state index contributed by atoms with van der Waals surface area (Å²) in [4.78, 5) is 0. The highest BCUT2D eigenvalue weighted by Crippen LogP contribution is 2.22. The quantitative estimate of drug-likeness (QED) is 0.717. The smallest absolute Gasteiger partial charge is 0.367 e. The molecule has 0 aromatic heterocycles. The second-order valence-electron chi connectivity index (χ2n) is 2.71. The summed E-state index contributed by atoms with van der Waals surface area (Å²) in [7, 11) is 1.67. The first-order valence-electron chi connectivity index (χ1n) is 3.73. The summed E-state index contributed by atoms with van der Waals surface area (Å²) in [5, 5.41) is 2.78. The molecule has 5 heteroatoms. The van der Waals surface area contributed by atoms with Gasteiger partial charge < -0.3 is 10.1 Å². The zero-order valence-corrected chi connectivity index (χ0v) is 7.40. The highest BCUT2D eigenvalue weighted by atomic mass is 19.4. The van der Waals surface area contributed by atoms with Crippen LogP contribution in [0.15, 0.2) is 0 Å². The maximum atomic E-state index is 11.9. The minimum Gasteiger partial charge on any atom is -0.367 e. The van der Waals surface area contributed by atoms with Crippen molar-refractivity contribution in [3.8, 4) is 0 Å². The molecule has 0 rings (SSSR count). The predicted molar refractivity (Wildman–Crippen MR) is 40.0 cm³/mol. The van der Waals surface area contributed by atoms with Crippen LogP contribution in [-0.2, 0) is 4.74 Å². The van der Waals surface area contributed by atoms with Crippen molar-refractivity contribution < 1.29 is 17.9 Å². The van der Waals surface area contributed by atoms with Crippen LogP contribution in [0.4, 0.5) is 13.2 Å². The van der Waals surface area contributed by atoms with E-state index < -0.39 is 12.3 Å². The summed E-state index contributed by atoms with van der Waals surface area (Å²) in [5.41, 5.74) is 0. The van der Waals surface area contributed by atoms with Gasteiger partial charge >= 0.3 is 6.18 Å². The van der Waals surface area contributed by atoms with E-state index in [1.54, 1.807) is 14.0 Å². The molecule has 0 spiro atoms. The second-order valence-corrected chi connectivity index (χ2v) is 2.71. The summed E-state index contributed by atoms with van der Waals surface area (Å²) in [6, 6.07) is -0.0604. The Morgan fingerprint density at radius 1 is 1.33 bits per heavy atom. The third-order valence-electron chi connectivity index (χ3n) is 1.55. The first-order chi connectivity index (χ1) is 5.38. The van der Waals surface area contributed by atoms with Crippen molar-refractivity contribution in [2.24, 2.45) is 0 Å². The van der Waals surface area contributed by atoms with Crippen LogP contribution in [-0.4, -0.2) is 32.0 Å². The van der Waals surface area contributed by atoms with E-state index in [2.05, 4.69) is 10.1 Å². The Labute approximate surface area is 70.1 Å². The van der Waals surface area contributed by atoms with E-state index in [1.165, 1.54) is 0 Å². The van der Waals surface area contributed by atoms with E-state index in [1.807, 2.05) is 0 Å². The number of hydrogen-bond donors (Lipinski definition) is 1. The molecule has 0 amide bonds. The van der Waals surface area contributed by atoms with E-state index in [0.29, 0.717) is 0 Å². The number of ether oxygens (including phenoxy) is 1. The molecular formula is C7H14F3NO. The van der Waals surface area contributed by atoms with Crippen molar-refractivity contribution >= 4 is 0 Å². The van der Waals surface area contributed by atoms with Crippen molar-refractivity contribution in [1.82, 2.24) is 5.32 Å². The molecule has 0 bridgehead atoms. The molecule has 0 aliphatic carbocycles. The SMILES string of the molecule is CNC(C)COC(C)C(F)(F)F. The minimum atomic E-state index is -4.26. The van der Waals surface area contributed by atoms with E-state index in [4.69, 9.17) is 0 Å². The first-order valence-corrected chi connectivity index (χ1v) is 3.73. The summed E-state index contributed by atoms with van der Waals surface area (Å²) in [6.07, 6.45) is -5.94. The Hall–Kier alpha value is -0.290. The van der Waals surface area contributed by atoms with Crippen LogP contribution < -0.4 is 5.32 Å². The van der Waals surface area contributed by atoms with Gasteiger partial charge in [-0.05, 0) is 20.9 Å². The van der Waals surface area contributed by atoms with Gasteiger partial charge in [0, 0.05) is 6.04 Å². The normalized spacial score (nSPS) is 17.5. The van der Waals surface area contributed by atoms with Gasteiger partial charge in [-0.25, -0.2) is 0 Å². The molecule has 74 valence electrons. The highest BCUT2D eigenvalue weighted by molar-refractivity contribution is 4.63. The van der Waals surface area contributed by atoms with Crippen LogP contribution in [0.1, 0.15) is 13.8 Å². The molecule has 0 saturated heterocycles. The fourth-order valence-electron chi connectivity index (χ4n) is 0.466. The summed E-state index contributed by atoms with van der Waals surface area (Å²) >= 11 is 0. The lowest BCUT2D eigenvalue weighted by atomic mass is 10.3. The van der Waals surface area contributed by atoms with E-state index in [9.17, 15) is 13.2 Å². The lowest BCUT2D eigenvalue weighted by Gasteiger charge is -2.18. The molecule has 2 unspecified atom stereocenters. The molecular weight excluding hydrogens is 171 g/mol. The molecule has 0 aliphatic rings. The molecule has 0 fully saturated rings. The average Bonchev–Trinajstić information content (AvgIpc) is 1.97. The maximum absolute atomic E-state index is 11.9. The molecule has 0 heterocycles. The Kier molecular flexibility index (Phi) is 4.55. The van der Waals surface area contributed by atoms with Crippen molar-refractivity contribution in [3.63, 3.8) is 0 Å². The summed E-state index contributed by atoms with van der Waals surface area (Å²) in [6.45, 7) is 2.82. The predicted octanol–water partition coefficient (Wildman–Crippen LogP) is 1.56. The molecule has 12 heavy (non-hydrogen) atoms. The summed E-state index contributed by atoms with van der Waals surface area (Å²) in [5.74, 6) is 0. The van der Waals surface area contributed by atoms with Crippen LogP contribution in [0.5, 0.6) is 0 Å². The Balaban J connectivity index is 3.64. The minimum absolute atomic E-state index is 0.0604. The number of likely N-dealkylation sites (N-methyl/N-ethyl adjacent to an activating group) is 1. The monoisotopic (exact) mass is 185 g/mol. The van der Waals surface area contributed by atoms with Gasteiger partial charge in [-0.3, -0.25) is 0 Å². The standard InChI is InChI=1S/C7H14F3NO/c1-5(11-3)4-12-6(2)7(8,9)10/h5-6,11H,4H2,1-3H3. The molecule has 0 radical (unpaired) electrons. The van der Waals surface area contributed by atoms with Crippen LogP contribution in [0, 0.1) is 0 Å². The van der Waals surface area contributed by atoms with E-state index in [0.717, 1.165) is 6.92 Å². The fourth-order valence-corrected chi connectivity index (χ4v) is 0.466. The van der Waals surface area contributed by atoms with Crippen LogP contribution in [0.3, 0.4) is 0 Å². The molecule has 0 aromatic carbocycles. The Morgan fingerprint density at radius 3 is 2.17 bits per heavy atom. The van der Waals surface area contributed by atoms with Crippen LogP contribution >= 0.6 is 0 Å². The molecule has 2 atom stereocenters. The molecule has 2 nitrogen and oxygen atoms in total. The summed E-state index contributed by atoms with van der Waals surface area (Å²) < 4.78 is 40.1. The lowest BCUT2D eigenvalue weighted by Crippen LogP contribution is -2.34. The number of alkyl halides is 3. The Bertz CT molecular complexity index is 126. The third kappa shape index (κ3) is 4.56. The number of hydrogen-bond acceptors (Lipinski definition) is 2. The van der Waals surface area contributed by atoms with Crippen molar-refractivity contribution in [3.05, 3.63) is 0 Å². The number of halogens is 3. The van der Waals surface area contributed by atoms with E-state index >= 15 is 0 Å². The van der Waals surface area contributed by atoms with Gasteiger partial charge in [-0.15, -0.1) is 0 Å². The van der Waals surface area contributed by atoms with Crippen molar-refractivity contribution in [2.75, 3.05) is 13.7 Å². The zero-order chi connectivity index (χ0) is 9.78. The van der Waals surface area contributed by atoms with Crippen molar-refractivity contribution in [1.29, 1.82) is 0 Å². The molecule has 0 aromatic rings. The van der Waals surface area contributed by atoms with Gasteiger partial charge in [0.05, 0.1) is 6.61 Å². The molecule has 0 aliphatic heterocycles. The van der Waals surface area contributed by atoms with Crippen LogP contribution in [0.25, 0.3) is 0 Å². The van der Waals surface area contributed by atoms with Gasteiger partial charge in [0.2, 0.25) is 0 Å². The number of nitrogens with one attached hydrogen (secondary N) is 1.